The van der Waals surface area contributed by atoms with Crippen LogP contribution >= 0.6 is 0 Å². The van der Waals surface area contributed by atoms with Gasteiger partial charge in [0.05, 0.1) is 0 Å². The molecule has 0 N–H and O–H groups in total. The molecule has 6 aromatic rings. The number of benzene rings is 4. The van der Waals surface area contributed by atoms with E-state index in [1.165, 1.54) is 29.8 Å². The molecule has 3 heteroatoms. The van der Waals surface area contributed by atoms with Crippen molar-refractivity contribution in [2.24, 2.45) is 0 Å². The fourth-order valence-electron chi connectivity index (χ4n) is 4.28. The van der Waals surface area contributed by atoms with Crippen LogP contribution in [0.5, 0.6) is 0 Å². The Morgan fingerprint density at radius 1 is 0.767 bits per heavy atom. The number of rotatable bonds is 6. The molecule has 217 valence electrons. The molecule has 0 saturated carbocycles. The van der Waals surface area contributed by atoms with E-state index >= 15 is 0 Å². The van der Waals surface area contributed by atoms with E-state index in [0.29, 0.717) is 16.8 Å². The first-order valence-corrected chi connectivity index (χ1v) is 13.6. The average Bonchev–Trinajstić information content (AvgIpc) is 3.11. The summed E-state index contributed by atoms with van der Waals surface area (Å²) in [5.41, 5.74) is 6.10. The summed E-state index contributed by atoms with van der Waals surface area (Å²) in [6, 6.07) is 40.4. The number of nitrogens with zero attached hydrogens (tertiary/aromatic N) is 2. The van der Waals surface area contributed by atoms with Crippen LogP contribution in [-0.4, -0.2) is 9.97 Å². The van der Waals surface area contributed by atoms with Crippen molar-refractivity contribution in [3.8, 4) is 33.6 Å². The summed E-state index contributed by atoms with van der Waals surface area (Å²) in [6.07, 6.45) is 0.856. The Morgan fingerprint density at radius 3 is 2.23 bits per heavy atom. The van der Waals surface area contributed by atoms with Crippen molar-refractivity contribution >= 4 is 0 Å². The van der Waals surface area contributed by atoms with Gasteiger partial charge in [0.15, 0.2) is 0 Å². The van der Waals surface area contributed by atoms with Gasteiger partial charge >= 0.3 is 0 Å². The summed E-state index contributed by atoms with van der Waals surface area (Å²) in [5, 5.41) is 0. The fourth-order valence-corrected chi connectivity index (χ4v) is 4.28. The molecule has 2 aromatic heterocycles. The molecule has 43 heavy (non-hydrogen) atoms. The number of hydrogen-bond donors (Lipinski definition) is 0. The normalized spacial score (nSPS) is 14.7. The molecular formula is C40H36IrN2-2. The average molecular weight is 746 g/mol. The number of aryl methyl sites for hydroxylation is 2. The van der Waals surface area contributed by atoms with Gasteiger partial charge in [-0.15, -0.1) is 70.8 Å². The molecule has 0 fully saturated rings. The maximum absolute atomic E-state index is 8.61. The second-order valence-electron chi connectivity index (χ2n) is 9.88. The Bertz CT molecular complexity index is 2070. The predicted molar refractivity (Wildman–Crippen MR) is 175 cm³/mol. The first kappa shape index (κ1) is 21.5. The van der Waals surface area contributed by atoms with E-state index in [1.807, 2.05) is 50.2 Å². The fraction of sp³-hybridized carbons (Fsp3) is 0.150. The maximum Gasteiger partial charge on any atom is 0.0366 e. The van der Waals surface area contributed by atoms with Crippen LogP contribution in [0.2, 0.25) is 0 Å². The first-order chi connectivity index (χ1) is 23.9. The summed E-state index contributed by atoms with van der Waals surface area (Å²) in [5.74, 6) is -0.630. The minimum absolute atomic E-state index is 0. The molecule has 0 aliphatic heterocycles. The minimum atomic E-state index is -2.54. The van der Waals surface area contributed by atoms with Crippen molar-refractivity contribution < 1.29 is 32.4 Å². The summed E-state index contributed by atoms with van der Waals surface area (Å²) in [7, 11) is 0. The van der Waals surface area contributed by atoms with Gasteiger partial charge in [-0.2, -0.15) is 0 Å². The molecule has 0 saturated heterocycles. The zero-order valence-electron chi connectivity index (χ0n) is 32.9. The van der Waals surface area contributed by atoms with Crippen molar-refractivity contribution in [1.29, 1.82) is 0 Å². The molecule has 0 spiro atoms. The molecule has 0 amide bonds. The number of hydrogen-bond acceptors (Lipinski definition) is 2. The van der Waals surface area contributed by atoms with Gasteiger partial charge in [-0.3, -0.25) is 0 Å². The summed E-state index contributed by atoms with van der Waals surface area (Å²) >= 11 is 0. The summed E-state index contributed by atoms with van der Waals surface area (Å²) < 4.78 is 71.1. The topological polar surface area (TPSA) is 25.8 Å². The Labute approximate surface area is 282 Å². The van der Waals surface area contributed by atoms with Crippen LogP contribution < -0.4 is 0 Å². The first-order valence-electron chi connectivity index (χ1n) is 18.1. The third-order valence-electron chi connectivity index (χ3n) is 6.57. The minimum Gasteiger partial charge on any atom is -0.305 e. The van der Waals surface area contributed by atoms with Gasteiger partial charge in [-0.1, -0.05) is 99.1 Å². The molecule has 4 aromatic carbocycles. The molecule has 0 aliphatic carbocycles. The molecule has 0 bridgehead atoms. The SMILES string of the molecule is [2H]C(C)(C)c1ccnc(-c2[c-]ccc(-c3ccccc3)c2)c1.[2H]C([2H])([2H])c1c[c-]c(-c2cc(C([2H])([2H])c3ccccc3)c(C([2H])([2H])[2H])cn2)cc1.[Ir]. The maximum atomic E-state index is 8.61. The van der Waals surface area contributed by atoms with Crippen LogP contribution in [0.1, 0.15) is 59.9 Å². The van der Waals surface area contributed by atoms with Crippen LogP contribution in [0.3, 0.4) is 0 Å². The van der Waals surface area contributed by atoms with Gasteiger partial charge < -0.3 is 9.97 Å². The van der Waals surface area contributed by atoms with E-state index in [4.69, 9.17) is 12.3 Å². The zero-order chi connectivity index (χ0) is 37.0. The van der Waals surface area contributed by atoms with E-state index < -0.39 is 26.0 Å². The van der Waals surface area contributed by atoms with Crippen LogP contribution in [0.25, 0.3) is 33.6 Å². The molecule has 2 nitrogen and oxygen atoms in total. The smallest absolute Gasteiger partial charge is 0.0366 e. The summed E-state index contributed by atoms with van der Waals surface area (Å²) in [6.45, 7) is -1.03. The van der Waals surface area contributed by atoms with Gasteiger partial charge in [0.25, 0.3) is 0 Å². The van der Waals surface area contributed by atoms with Gasteiger partial charge in [0.2, 0.25) is 0 Å². The second-order valence-corrected chi connectivity index (χ2v) is 9.88. The monoisotopic (exact) mass is 746 g/mol. The van der Waals surface area contributed by atoms with Gasteiger partial charge in [0.1, 0.15) is 0 Å². The van der Waals surface area contributed by atoms with Crippen LogP contribution in [-0.2, 0) is 26.5 Å². The Morgan fingerprint density at radius 2 is 1.53 bits per heavy atom. The van der Waals surface area contributed by atoms with E-state index in [0.717, 1.165) is 28.6 Å². The largest absolute Gasteiger partial charge is 0.305 e. The van der Waals surface area contributed by atoms with Crippen molar-refractivity contribution in [2.75, 3.05) is 0 Å². The van der Waals surface area contributed by atoms with Crippen LogP contribution in [0, 0.1) is 25.8 Å². The number of pyridine rings is 2. The molecule has 1 radical (unpaired) electrons. The Kier molecular flexibility index (Phi) is 7.67. The van der Waals surface area contributed by atoms with Crippen molar-refractivity contribution in [1.82, 2.24) is 9.97 Å². The van der Waals surface area contributed by atoms with E-state index in [1.54, 1.807) is 36.5 Å². The Hall–Kier alpha value is -4.17. The third kappa shape index (κ3) is 8.67. The van der Waals surface area contributed by atoms with E-state index in [-0.39, 0.29) is 36.8 Å². The van der Waals surface area contributed by atoms with Gasteiger partial charge in [-0.25, -0.2) is 0 Å². The van der Waals surface area contributed by atoms with Crippen molar-refractivity contribution in [3.05, 3.63) is 168 Å². The van der Waals surface area contributed by atoms with Crippen LogP contribution in [0.15, 0.2) is 128 Å². The molecule has 6 rings (SSSR count). The van der Waals surface area contributed by atoms with E-state index in [9.17, 15) is 0 Å². The molecule has 2 heterocycles. The molecular weight excluding hydrogens is 701 g/mol. The standard InChI is InChI=1S/2C20H18N.Ir/c1-15(2)17-11-12-21-20(14-17)19-10-6-9-18(13-19)16-7-4-3-5-8-16;1-15-8-10-18(11-9-15)20-13-19(16(2)14-21-20)12-17-6-4-3-5-7-17;/h3-9,11-15H,1-2H3;3-10,13-14H,12H2,1-2H3;/q2*-1;/i15D;1D3,2D3,12D2;. The van der Waals surface area contributed by atoms with Crippen molar-refractivity contribution in [3.63, 3.8) is 0 Å². The Balaban J connectivity index is 0.000000236. The van der Waals surface area contributed by atoms with E-state index in [2.05, 4.69) is 46.4 Å². The zero-order valence-corrected chi connectivity index (χ0v) is 26.2. The van der Waals surface area contributed by atoms with Gasteiger partial charge in [-0.05, 0) is 58.8 Å². The molecule has 0 atom stereocenters. The predicted octanol–water partition coefficient (Wildman–Crippen LogP) is 10.1. The quantitative estimate of drug-likeness (QED) is 0.159. The second kappa shape index (κ2) is 15.3. The van der Waals surface area contributed by atoms with Gasteiger partial charge in [0, 0.05) is 44.8 Å². The van der Waals surface area contributed by atoms with Crippen molar-refractivity contribution in [2.45, 2.75) is 39.8 Å². The summed E-state index contributed by atoms with van der Waals surface area (Å²) in [4.78, 5) is 8.62. The number of aromatic nitrogens is 2. The third-order valence-corrected chi connectivity index (χ3v) is 6.57. The molecule has 0 aliphatic rings. The van der Waals surface area contributed by atoms with Crippen LogP contribution in [0.4, 0.5) is 0 Å². The molecule has 0 unspecified atom stereocenters.